The molecule has 24 nitrogen and oxygen atoms in total. The Bertz CT molecular complexity index is 1950. The second-order valence-electron chi connectivity index (χ2n) is 17.0. The third kappa shape index (κ3) is 18.3. The first-order valence-corrected chi connectivity index (χ1v) is 22.2. The number of aliphatic imine (C=N–C) groups is 3. The van der Waals surface area contributed by atoms with Crippen LogP contribution in [0.5, 0.6) is 5.75 Å². The zero-order valence-corrected chi connectivity index (χ0v) is 38.7. The average Bonchev–Trinajstić information content (AvgIpc) is 4.00. The molecule has 370 valence electrons. The van der Waals surface area contributed by atoms with Crippen molar-refractivity contribution in [1.29, 1.82) is 0 Å². The number of nitrogens with zero attached hydrogens (tertiary/aromatic N) is 3. The van der Waals surface area contributed by atoms with Crippen molar-refractivity contribution in [2.24, 2.45) is 38.3 Å². The van der Waals surface area contributed by atoms with E-state index in [-0.39, 0.29) is 44.1 Å². The molecule has 14 N–H and O–H groups in total. The molecule has 1 aromatic carbocycles. The van der Waals surface area contributed by atoms with Gasteiger partial charge in [-0.3, -0.25) is 38.8 Å². The van der Waals surface area contributed by atoms with Crippen molar-refractivity contribution < 1.29 is 53.3 Å². The van der Waals surface area contributed by atoms with Crippen LogP contribution in [0.15, 0.2) is 39.2 Å². The first-order valence-electron chi connectivity index (χ1n) is 22.2. The van der Waals surface area contributed by atoms with E-state index in [0.29, 0.717) is 24.9 Å². The molecule has 2 aliphatic heterocycles. The van der Waals surface area contributed by atoms with Crippen molar-refractivity contribution in [3.8, 4) is 5.75 Å². The number of ether oxygens (including phenoxy) is 1. The Hall–Kier alpha value is -6.53. The summed E-state index contributed by atoms with van der Waals surface area (Å²) in [6.45, 7) is 8.47. The maximum atomic E-state index is 14.3. The molecule has 2 aliphatic rings. The predicted octanol–water partition coefficient (Wildman–Crippen LogP) is -3.50. The number of nitrogens with two attached hydrogens (primary N) is 2. The van der Waals surface area contributed by atoms with Crippen LogP contribution in [0.1, 0.15) is 72.3 Å². The molecule has 0 saturated carbocycles. The molecule has 3 rings (SSSR count). The number of hydrogen-bond acceptors (Lipinski definition) is 16. The zero-order valence-electron chi connectivity index (χ0n) is 38.7. The lowest BCUT2D eigenvalue weighted by Crippen LogP contribution is -2.61. The van der Waals surface area contributed by atoms with Gasteiger partial charge >= 0.3 is 11.9 Å². The SMILES string of the molecule is CNCC(=O)N[C@@H](CCCN=C(N)N)C(=O)N[C@H](C(=O)N[C@@H](Cc1ccc(O)cc1)C(=O)N[C@H](C(=O)N[C@@H](CC1C=NC=N1)C(=O)OC(=O)[C@@H](NC(=O)[C@@H]1CCCN1)[C@@H](C)O)C(C)C)C(C)C. The van der Waals surface area contributed by atoms with Crippen LogP contribution in [0, 0.1) is 11.8 Å². The molecule has 0 aliphatic carbocycles. The van der Waals surface area contributed by atoms with Gasteiger partial charge in [-0.2, -0.15) is 0 Å². The van der Waals surface area contributed by atoms with Crippen LogP contribution in [0.25, 0.3) is 0 Å². The van der Waals surface area contributed by atoms with Gasteiger partial charge in [0.1, 0.15) is 42.3 Å². The number of carbonyl (C=O) groups excluding carboxylic acids is 8. The second-order valence-corrected chi connectivity index (χ2v) is 17.0. The van der Waals surface area contributed by atoms with Crippen molar-refractivity contribution in [2.75, 3.05) is 26.7 Å². The zero-order chi connectivity index (χ0) is 49.8. The number of phenols is 1. The van der Waals surface area contributed by atoms with Gasteiger partial charge in [0.2, 0.25) is 35.4 Å². The van der Waals surface area contributed by atoms with Crippen molar-refractivity contribution in [1.82, 2.24) is 42.5 Å². The Morgan fingerprint density at radius 2 is 1.42 bits per heavy atom. The van der Waals surface area contributed by atoms with Crippen LogP contribution in [0.4, 0.5) is 0 Å². The largest absolute Gasteiger partial charge is 0.508 e. The van der Waals surface area contributed by atoms with E-state index >= 15 is 0 Å². The van der Waals surface area contributed by atoms with Crippen LogP contribution in [0.3, 0.4) is 0 Å². The van der Waals surface area contributed by atoms with Crippen LogP contribution in [0.2, 0.25) is 0 Å². The highest BCUT2D eigenvalue weighted by Crippen LogP contribution is 2.15. The summed E-state index contributed by atoms with van der Waals surface area (Å²) in [4.78, 5) is 120. The van der Waals surface area contributed by atoms with Gasteiger partial charge in [-0.25, -0.2) is 14.6 Å². The van der Waals surface area contributed by atoms with Crippen molar-refractivity contribution >= 4 is 65.9 Å². The highest BCUT2D eigenvalue weighted by atomic mass is 16.6. The van der Waals surface area contributed by atoms with Crippen LogP contribution in [-0.2, 0) is 49.5 Å². The summed E-state index contributed by atoms with van der Waals surface area (Å²) < 4.78 is 5.13. The van der Waals surface area contributed by atoms with Crippen molar-refractivity contribution in [3.05, 3.63) is 29.8 Å². The number of amides is 6. The Morgan fingerprint density at radius 1 is 0.806 bits per heavy atom. The number of nitrogens with one attached hydrogen (secondary N) is 8. The smallest absolute Gasteiger partial charge is 0.339 e. The quantitative estimate of drug-likeness (QED) is 0.0141. The number of benzene rings is 1. The number of aliphatic hydroxyl groups excluding tert-OH is 1. The number of aromatic hydroxyl groups is 1. The van der Waals surface area contributed by atoms with Gasteiger partial charge in [0, 0.05) is 25.6 Å². The van der Waals surface area contributed by atoms with Gasteiger partial charge in [0.05, 0.1) is 24.7 Å². The van der Waals surface area contributed by atoms with E-state index < -0.39 is 114 Å². The number of phenolic OH excluding ortho intramolecular Hbond substituents is 1. The molecule has 1 aromatic rings. The molecule has 1 unspecified atom stereocenters. The van der Waals surface area contributed by atoms with E-state index in [1.165, 1.54) is 43.7 Å². The summed E-state index contributed by atoms with van der Waals surface area (Å²) >= 11 is 0. The third-order valence-electron chi connectivity index (χ3n) is 10.7. The van der Waals surface area contributed by atoms with E-state index in [1.807, 2.05) is 0 Å². The number of guanidine groups is 1. The molecule has 67 heavy (non-hydrogen) atoms. The fourth-order valence-corrected chi connectivity index (χ4v) is 7.01. The van der Waals surface area contributed by atoms with Gasteiger partial charge in [-0.1, -0.05) is 39.8 Å². The normalized spacial score (nSPS) is 18.3. The second kappa shape index (κ2) is 27.2. The molecule has 6 amide bonds. The highest BCUT2D eigenvalue weighted by molar-refractivity contribution is 5.98. The van der Waals surface area contributed by atoms with E-state index in [4.69, 9.17) is 16.2 Å². The number of hydrogen-bond donors (Lipinski definition) is 12. The minimum Gasteiger partial charge on any atom is -0.508 e. The number of carbonyl (C=O) groups is 8. The summed E-state index contributed by atoms with van der Waals surface area (Å²) in [5.74, 6) is -8.11. The van der Waals surface area contributed by atoms with Gasteiger partial charge in [0.15, 0.2) is 12.0 Å². The van der Waals surface area contributed by atoms with Gasteiger partial charge in [-0.05, 0) is 75.7 Å². The van der Waals surface area contributed by atoms with Crippen molar-refractivity contribution in [3.63, 3.8) is 0 Å². The molecular weight excluding hydrogens is 875 g/mol. The van der Waals surface area contributed by atoms with Gasteiger partial charge in [-0.15, -0.1) is 0 Å². The third-order valence-corrected chi connectivity index (χ3v) is 10.7. The number of rotatable bonds is 26. The maximum absolute atomic E-state index is 14.3. The molecule has 0 bridgehead atoms. The highest BCUT2D eigenvalue weighted by Gasteiger charge is 2.38. The lowest BCUT2D eigenvalue weighted by Gasteiger charge is -2.29. The first kappa shape index (κ1) is 54.8. The number of esters is 2. The molecule has 0 radical (unpaired) electrons. The van der Waals surface area contributed by atoms with Crippen LogP contribution < -0.4 is 54.0 Å². The van der Waals surface area contributed by atoms with E-state index in [0.717, 1.165) is 6.42 Å². The van der Waals surface area contributed by atoms with Crippen molar-refractivity contribution in [2.45, 2.75) is 128 Å². The molecule has 24 heteroatoms. The van der Waals surface area contributed by atoms with Gasteiger partial charge in [0.25, 0.3) is 0 Å². The molecule has 1 fully saturated rings. The summed E-state index contributed by atoms with van der Waals surface area (Å²) in [5, 5.41) is 41.6. The van der Waals surface area contributed by atoms with Gasteiger partial charge < -0.3 is 69.0 Å². The lowest BCUT2D eigenvalue weighted by molar-refractivity contribution is -0.166. The Kier molecular flexibility index (Phi) is 22.2. The van der Waals surface area contributed by atoms with E-state index in [1.54, 1.807) is 34.7 Å². The Balaban J connectivity index is 1.85. The summed E-state index contributed by atoms with van der Waals surface area (Å²) in [7, 11) is 1.56. The molecular formula is C43H67N13O11. The lowest BCUT2D eigenvalue weighted by atomic mass is 9.98. The topological polar surface area (TPSA) is 372 Å². The summed E-state index contributed by atoms with van der Waals surface area (Å²) in [5.41, 5.74) is 11.3. The Labute approximate surface area is 389 Å². The minimum atomic E-state index is -1.62. The summed E-state index contributed by atoms with van der Waals surface area (Å²) in [6.07, 6.45) is 2.45. The van der Waals surface area contributed by atoms with E-state index in [9.17, 15) is 48.6 Å². The molecule has 1 saturated heterocycles. The number of aliphatic hydroxyl groups is 1. The molecule has 9 atom stereocenters. The predicted molar refractivity (Wildman–Crippen MR) is 246 cm³/mol. The first-order chi connectivity index (χ1) is 31.7. The molecule has 0 aromatic heterocycles. The number of likely N-dealkylation sites (N-methyl/N-ethyl adjacent to an activating group) is 1. The fourth-order valence-electron chi connectivity index (χ4n) is 7.01. The molecule has 2 heterocycles. The van der Waals surface area contributed by atoms with Crippen LogP contribution in [-0.4, -0.2) is 157 Å². The minimum absolute atomic E-state index is 0.0561. The monoisotopic (exact) mass is 942 g/mol. The average molecular weight is 942 g/mol. The Morgan fingerprint density at radius 3 is 1.94 bits per heavy atom. The standard InChI is InChI=1S/C43H67N13O11/c1-22(2)33(54-37(61)29(51-32(59)20-46-6)10-8-16-49-43(44)45)39(63)52-30(17-25-11-13-27(58)14-12-25)38(62)55-34(23(3)4)40(64)53-31(18-26-19-47-21-50-26)41(65)67-42(66)35(24(5)57)56-36(60)28-9-7-15-48-28/h11-14,19,21-24,26,28-31,33-35,46,48,57-58H,7-10,15-18,20H2,1-6H3,(H,51,59)(H,52,63)(H,53,64)(H,54,61)(H,55,62)(H,56,60)(H4,44,45,49)/t24-,26?,28+,29+,30+,31+,33+,34+,35+/m1/s1. The maximum Gasteiger partial charge on any atom is 0.339 e. The van der Waals surface area contributed by atoms with Crippen LogP contribution >= 0.6 is 0 Å². The molecule has 0 spiro atoms. The van der Waals surface area contributed by atoms with E-state index in [2.05, 4.69) is 57.5 Å². The summed E-state index contributed by atoms with van der Waals surface area (Å²) in [6, 6.07) is -3.73. The fraction of sp³-hybridized carbons (Fsp3) is 0.605.